The van der Waals surface area contributed by atoms with Gasteiger partial charge in [0.05, 0.1) is 6.54 Å². The molecule has 2 N–H and O–H groups in total. The largest absolute Gasteiger partial charge is 0.480 e. The highest BCUT2D eigenvalue weighted by Gasteiger charge is 2.11. The van der Waals surface area contributed by atoms with Gasteiger partial charge in [-0.3, -0.25) is 10.1 Å². The van der Waals surface area contributed by atoms with Crippen molar-refractivity contribution >= 4 is 5.97 Å². The van der Waals surface area contributed by atoms with Crippen LogP contribution in [0.15, 0.2) is 4.52 Å². The molecule has 6 nitrogen and oxygen atoms in total. The number of hydrogen-bond acceptors (Lipinski definition) is 5. The number of rotatable bonds is 5. The topological polar surface area (TPSA) is 88.2 Å². The maximum Gasteiger partial charge on any atom is 0.320 e. The lowest BCUT2D eigenvalue weighted by Crippen LogP contribution is -2.33. The summed E-state index contributed by atoms with van der Waals surface area (Å²) in [4.78, 5) is 14.5. The molecule has 0 fully saturated rings. The molecule has 0 aromatic carbocycles. The van der Waals surface area contributed by atoms with Crippen LogP contribution in [-0.2, 0) is 17.8 Å². The molecule has 1 unspecified atom stereocenters. The van der Waals surface area contributed by atoms with Crippen LogP contribution in [0.1, 0.15) is 25.6 Å². The van der Waals surface area contributed by atoms with Crippen molar-refractivity contribution in [2.45, 2.75) is 32.9 Å². The van der Waals surface area contributed by atoms with Gasteiger partial charge in [0.2, 0.25) is 5.89 Å². The summed E-state index contributed by atoms with van der Waals surface area (Å²) in [6.45, 7) is 3.75. The van der Waals surface area contributed by atoms with Crippen LogP contribution in [0.25, 0.3) is 0 Å². The molecule has 0 amide bonds. The molecular weight excluding hydrogens is 186 g/mol. The van der Waals surface area contributed by atoms with E-state index in [0.717, 1.165) is 0 Å². The lowest BCUT2D eigenvalue weighted by molar-refractivity contribution is -0.139. The Morgan fingerprint density at radius 3 is 2.93 bits per heavy atom. The van der Waals surface area contributed by atoms with Gasteiger partial charge in [-0.25, -0.2) is 0 Å². The van der Waals surface area contributed by atoms with E-state index in [1.54, 1.807) is 6.92 Å². The van der Waals surface area contributed by atoms with Crippen LogP contribution in [0.5, 0.6) is 0 Å². The van der Waals surface area contributed by atoms with E-state index >= 15 is 0 Å². The van der Waals surface area contributed by atoms with Crippen LogP contribution in [0.4, 0.5) is 0 Å². The van der Waals surface area contributed by atoms with Crippen LogP contribution < -0.4 is 5.32 Å². The second-order valence-corrected chi connectivity index (χ2v) is 2.90. The smallest absolute Gasteiger partial charge is 0.320 e. The molecule has 0 spiro atoms. The highest BCUT2D eigenvalue weighted by Crippen LogP contribution is 1.97. The van der Waals surface area contributed by atoms with Gasteiger partial charge in [0, 0.05) is 6.42 Å². The normalized spacial score (nSPS) is 12.7. The average molecular weight is 199 g/mol. The second kappa shape index (κ2) is 4.71. The quantitative estimate of drug-likeness (QED) is 0.704. The van der Waals surface area contributed by atoms with Crippen molar-refractivity contribution in [1.29, 1.82) is 0 Å². The van der Waals surface area contributed by atoms with Gasteiger partial charge in [-0.15, -0.1) is 0 Å². The fraction of sp³-hybridized carbons (Fsp3) is 0.625. The summed E-state index contributed by atoms with van der Waals surface area (Å²) in [5, 5.41) is 15.0. The van der Waals surface area contributed by atoms with Gasteiger partial charge in [-0.05, 0) is 6.92 Å². The molecule has 0 aliphatic rings. The Hall–Kier alpha value is -1.43. The second-order valence-electron chi connectivity index (χ2n) is 2.90. The number of aliphatic carboxylic acids is 1. The fourth-order valence-corrected chi connectivity index (χ4v) is 0.833. The van der Waals surface area contributed by atoms with Crippen LogP contribution >= 0.6 is 0 Å². The first-order valence-corrected chi connectivity index (χ1v) is 4.41. The minimum absolute atomic E-state index is 0.278. The van der Waals surface area contributed by atoms with Crippen molar-refractivity contribution in [3.05, 3.63) is 11.7 Å². The number of aryl methyl sites for hydroxylation is 1. The molecule has 0 saturated heterocycles. The standard InChI is InChI=1S/C8H13N3O3/c1-3-6-10-7(14-11-6)4-9-5(2)8(12)13/h5,9H,3-4H2,1-2H3,(H,12,13). The number of aromatic nitrogens is 2. The molecule has 0 radical (unpaired) electrons. The predicted molar refractivity (Wildman–Crippen MR) is 47.6 cm³/mol. The van der Waals surface area contributed by atoms with Crippen molar-refractivity contribution in [3.63, 3.8) is 0 Å². The first-order chi connectivity index (χ1) is 6.63. The monoisotopic (exact) mass is 199 g/mol. The van der Waals surface area contributed by atoms with E-state index in [9.17, 15) is 4.79 Å². The van der Waals surface area contributed by atoms with Crippen LogP contribution in [0.3, 0.4) is 0 Å². The molecular formula is C8H13N3O3. The Morgan fingerprint density at radius 1 is 1.71 bits per heavy atom. The van der Waals surface area contributed by atoms with Crippen molar-refractivity contribution in [2.24, 2.45) is 0 Å². The number of carboxylic acids is 1. The fourth-order valence-electron chi connectivity index (χ4n) is 0.833. The van der Waals surface area contributed by atoms with Gasteiger partial charge >= 0.3 is 5.97 Å². The summed E-state index contributed by atoms with van der Waals surface area (Å²) < 4.78 is 4.87. The zero-order valence-corrected chi connectivity index (χ0v) is 8.15. The molecule has 78 valence electrons. The van der Waals surface area contributed by atoms with Gasteiger partial charge in [0.15, 0.2) is 5.82 Å². The molecule has 1 aromatic rings. The number of hydrogen-bond donors (Lipinski definition) is 2. The molecule has 14 heavy (non-hydrogen) atoms. The third-order valence-corrected chi connectivity index (χ3v) is 1.76. The molecule has 0 aliphatic heterocycles. The molecule has 0 saturated carbocycles. The Morgan fingerprint density at radius 2 is 2.43 bits per heavy atom. The highest BCUT2D eigenvalue weighted by atomic mass is 16.5. The number of nitrogens with zero attached hydrogens (tertiary/aromatic N) is 2. The van der Waals surface area contributed by atoms with Crippen molar-refractivity contribution in [2.75, 3.05) is 0 Å². The Balaban J connectivity index is 2.41. The van der Waals surface area contributed by atoms with E-state index in [1.165, 1.54) is 0 Å². The van der Waals surface area contributed by atoms with Crippen molar-refractivity contribution in [1.82, 2.24) is 15.5 Å². The van der Waals surface area contributed by atoms with E-state index in [2.05, 4.69) is 15.5 Å². The maximum atomic E-state index is 10.5. The van der Waals surface area contributed by atoms with Crippen molar-refractivity contribution < 1.29 is 14.4 Å². The summed E-state index contributed by atoms with van der Waals surface area (Å²) in [7, 11) is 0. The lowest BCUT2D eigenvalue weighted by Gasteiger charge is -2.04. The van der Waals surface area contributed by atoms with Gasteiger partial charge < -0.3 is 9.63 Å². The third kappa shape index (κ3) is 2.81. The van der Waals surface area contributed by atoms with Crippen LogP contribution in [-0.4, -0.2) is 27.3 Å². The molecule has 0 aliphatic carbocycles. The van der Waals surface area contributed by atoms with Crippen LogP contribution in [0, 0.1) is 0 Å². The Bertz CT molecular complexity index is 311. The van der Waals surface area contributed by atoms with E-state index in [4.69, 9.17) is 9.63 Å². The van der Waals surface area contributed by atoms with Crippen LogP contribution in [0.2, 0.25) is 0 Å². The Labute approximate surface area is 81.3 Å². The zero-order chi connectivity index (χ0) is 10.6. The minimum Gasteiger partial charge on any atom is -0.480 e. The SMILES string of the molecule is CCc1noc(CNC(C)C(=O)O)n1. The molecule has 0 bridgehead atoms. The lowest BCUT2D eigenvalue weighted by atomic mass is 10.3. The van der Waals surface area contributed by atoms with Gasteiger partial charge in [0.1, 0.15) is 6.04 Å². The van der Waals surface area contributed by atoms with E-state index in [1.807, 2.05) is 6.92 Å². The molecule has 6 heteroatoms. The molecule has 1 rings (SSSR count). The summed E-state index contributed by atoms with van der Waals surface area (Å²) in [6.07, 6.45) is 0.706. The summed E-state index contributed by atoms with van der Waals surface area (Å²) in [6, 6.07) is -0.619. The minimum atomic E-state index is -0.903. The first-order valence-electron chi connectivity index (χ1n) is 4.41. The van der Waals surface area contributed by atoms with E-state index in [-0.39, 0.29) is 6.54 Å². The first kappa shape index (κ1) is 10.6. The zero-order valence-electron chi connectivity index (χ0n) is 8.15. The predicted octanol–water partition coefficient (Wildman–Crippen LogP) is 0.195. The number of carbonyl (C=O) groups is 1. The Kier molecular flexibility index (Phi) is 3.58. The van der Waals surface area contributed by atoms with E-state index in [0.29, 0.717) is 18.1 Å². The van der Waals surface area contributed by atoms with Gasteiger partial charge in [-0.1, -0.05) is 12.1 Å². The third-order valence-electron chi connectivity index (χ3n) is 1.76. The molecule has 1 aromatic heterocycles. The summed E-state index contributed by atoms with van der Waals surface area (Å²) >= 11 is 0. The highest BCUT2D eigenvalue weighted by molar-refractivity contribution is 5.72. The molecule has 1 atom stereocenters. The summed E-state index contributed by atoms with van der Waals surface area (Å²) in [5.41, 5.74) is 0. The van der Waals surface area contributed by atoms with Crippen molar-refractivity contribution in [3.8, 4) is 0 Å². The van der Waals surface area contributed by atoms with E-state index < -0.39 is 12.0 Å². The maximum absolute atomic E-state index is 10.5. The number of nitrogens with one attached hydrogen (secondary N) is 1. The van der Waals surface area contributed by atoms with Gasteiger partial charge in [0.25, 0.3) is 0 Å². The average Bonchev–Trinajstić information content (AvgIpc) is 2.61. The van der Waals surface area contributed by atoms with Gasteiger partial charge in [-0.2, -0.15) is 4.98 Å². The summed E-state index contributed by atoms with van der Waals surface area (Å²) in [5.74, 6) is 0.139. The molecule has 1 heterocycles. The number of carboxylic acid groups (broad SMARTS) is 1.